The summed E-state index contributed by atoms with van der Waals surface area (Å²) in [6, 6.07) is 12.4. The zero-order chi connectivity index (χ0) is 24.9. The smallest absolute Gasteiger partial charge is 0.294 e. The van der Waals surface area contributed by atoms with Gasteiger partial charge in [0.25, 0.3) is 5.69 Å². The highest BCUT2D eigenvalue weighted by Crippen LogP contribution is 2.51. The first-order chi connectivity index (χ1) is 15.9. The number of nitro groups is 1. The molecule has 2 aromatic carbocycles. The molecule has 4 rings (SSSR count). The minimum absolute atomic E-state index is 0.0851. The summed E-state index contributed by atoms with van der Waals surface area (Å²) in [5.74, 6) is -0.632. The molecule has 2 aliphatic rings. The van der Waals surface area contributed by atoms with Crippen molar-refractivity contribution >= 4 is 28.8 Å². The van der Waals surface area contributed by atoms with Crippen LogP contribution >= 0.6 is 11.6 Å². The van der Waals surface area contributed by atoms with Crippen LogP contribution in [0.2, 0.25) is 5.02 Å². The number of rotatable bonds is 3. The predicted molar refractivity (Wildman–Crippen MR) is 131 cm³/mol. The van der Waals surface area contributed by atoms with Crippen molar-refractivity contribution in [1.82, 2.24) is 0 Å². The van der Waals surface area contributed by atoms with Crippen molar-refractivity contribution in [3.63, 3.8) is 0 Å². The van der Waals surface area contributed by atoms with Gasteiger partial charge in [0, 0.05) is 28.8 Å². The van der Waals surface area contributed by atoms with E-state index in [1.165, 1.54) is 23.1 Å². The SMILES string of the molecule is Cc1ccc(C2C(C#N)=C(N)N(c3ccc(Cl)cc3[N+](=O)[O-])C3=C2C(=O)CC(C)(C)C3)c(C)c1. The number of benzene rings is 2. The molecular weight excluding hydrogens is 452 g/mol. The number of carbonyl (C=O) groups is 1. The van der Waals surface area contributed by atoms with Gasteiger partial charge in [0.15, 0.2) is 5.78 Å². The number of anilines is 1. The van der Waals surface area contributed by atoms with E-state index in [-0.39, 0.29) is 39.0 Å². The number of allylic oxidation sites excluding steroid dienone is 3. The van der Waals surface area contributed by atoms with Gasteiger partial charge in [0.05, 0.1) is 22.5 Å². The van der Waals surface area contributed by atoms with Gasteiger partial charge in [0.1, 0.15) is 11.5 Å². The number of aryl methyl sites for hydroxylation is 2. The third kappa shape index (κ3) is 3.84. The number of halogens is 1. The van der Waals surface area contributed by atoms with Crippen LogP contribution in [0, 0.1) is 40.7 Å². The minimum atomic E-state index is -0.633. The van der Waals surface area contributed by atoms with Gasteiger partial charge in [-0.05, 0) is 48.9 Å². The van der Waals surface area contributed by atoms with Crippen LogP contribution in [-0.2, 0) is 4.79 Å². The molecule has 34 heavy (non-hydrogen) atoms. The van der Waals surface area contributed by atoms with E-state index < -0.39 is 10.8 Å². The van der Waals surface area contributed by atoms with Crippen molar-refractivity contribution in [2.45, 2.75) is 46.5 Å². The maximum atomic E-state index is 13.6. The van der Waals surface area contributed by atoms with Crippen LogP contribution in [0.1, 0.15) is 49.3 Å². The topological polar surface area (TPSA) is 113 Å². The van der Waals surface area contributed by atoms with E-state index >= 15 is 0 Å². The zero-order valence-corrected chi connectivity index (χ0v) is 20.2. The van der Waals surface area contributed by atoms with Crippen LogP contribution in [-0.4, -0.2) is 10.7 Å². The van der Waals surface area contributed by atoms with Crippen molar-refractivity contribution < 1.29 is 9.72 Å². The fourth-order valence-electron chi connectivity index (χ4n) is 5.08. The predicted octanol–water partition coefficient (Wildman–Crippen LogP) is 5.81. The first-order valence-corrected chi connectivity index (χ1v) is 11.3. The molecular formula is C26H25ClN4O3. The molecule has 0 amide bonds. The lowest BCUT2D eigenvalue weighted by Gasteiger charge is -2.43. The molecule has 0 aromatic heterocycles. The largest absolute Gasteiger partial charge is 0.384 e. The van der Waals surface area contributed by atoms with E-state index in [1.54, 1.807) is 0 Å². The van der Waals surface area contributed by atoms with E-state index in [1.807, 2.05) is 45.9 Å². The Labute approximate surface area is 203 Å². The summed E-state index contributed by atoms with van der Waals surface area (Å²) in [4.78, 5) is 26.5. The number of ketones is 1. The van der Waals surface area contributed by atoms with Crippen molar-refractivity contribution in [3.05, 3.63) is 90.9 Å². The van der Waals surface area contributed by atoms with E-state index in [0.29, 0.717) is 24.1 Å². The van der Waals surface area contributed by atoms with Crippen LogP contribution in [0.4, 0.5) is 11.4 Å². The number of carbonyl (C=O) groups excluding carboxylic acids is 1. The lowest BCUT2D eigenvalue weighted by molar-refractivity contribution is -0.384. The van der Waals surface area contributed by atoms with Gasteiger partial charge in [-0.25, -0.2) is 0 Å². The lowest BCUT2D eigenvalue weighted by atomic mass is 9.68. The molecule has 1 aliphatic carbocycles. The molecule has 0 spiro atoms. The Bertz CT molecular complexity index is 1350. The second-order valence-electron chi connectivity index (χ2n) is 9.73. The second kappa shape index (κ2) is 8.30. The quantitative estimate of drug-likeness (QED) is 0.442. The standard InChI is InChI=1S/C26H25ClN4O3/c1-14-5-7-17(15(2)9-14)23-18(13-28)25(29)30(19-8-6-16(27)10-20(19)31(33)34)21-11-26(3,4)12-22(32)24(21)23/h5-10,23H,11-12,29H2,1-4H3. The number of nitriles is 1. The Morgan fingerprint density at radius 3 is 2.53 bits per heavy atom. The summed E-state index contributed by atoms with van der Waals surface area (Å²) in [6.07, 6.45) is 0.775. The number of hydrogen-bond donors (Lipinski definition) is 1. The summed E-state index contributed by atoms with van der Waals surface area (Å²) in [5, 5.41) is 22.3. The lowest BCUT2D eigenvalue weighted by Crippen LogP contribution is -2.42. The van der Waals surface area contributed by atoms with Crippen LogP contribution in [0.3, 0.4) is 0 Å². The molecule has 0 radical (unpaired) electrons. The van der Waals surface area contributed by atoms with Gasteiger partial charge < -0.3 is 5.73 Å². The van der Waals surface area contributed by atoms with Gasteiger partial charge in [-0.2, -0.15) is 5.26 Å². The second-order valence-corrected chi connectivity index (χ2v) is 10.2. The number of nitrogens with zero attached hydrogens (tertiary/aromatic N) is 3. The van der Waals surface area contributed by atoms with Crippen LogP contribution in [0.5, 0.6) is 0 Å². The molecule has 8 heteroatoms. The van der Waals surface area contributed by atoms with Crippen molar-refractivity contribution in [2.75, 3.05) is 4.90 Å². The minimum Gasteiger partial charge on any atom is -0.384 e. The van der Waals surface area contributed by atoms with Gasteiger partial charge >= 0.3 is 0 Å². The third-order valence-corrected chi connectivity index (χ3v) is 6.73. The number of nitrogens with two attached hydrogens (primary N) is 1. The first-order valence-electron chi connectivity index (χ1n) is 10.9. The van der Waals surface area contributed by atoms with Crippen molar-refractivity contribution in [1.29, 1.82) is 5.26 Å². The van der Waals surface area contributed by atoms with Crippen molar-refractivity contribution in [3.8, 4) is 6.07 Å². The first kappa shape index (κ1) is 23.5. The number of nitro benzene ring substituents is 1. The summed E-state index contributed by atoms with van der Waals surface area (Å²) in [7, 11) is 0. The summed E-state index contributed by atoms with van der Waals surface area (Å²) in [6.45, 7) is 7.89. The van der Waals surface area contributed by atoms with E-state index in [0.717, 1.165) is 16.7 Å². The monoisotopic (exact) mass is 476 g/mol. The molecule has 1 atom stereocenters. The van der Waals surface area contributed by atoms with E-state index in [9.17, 15) is 20.2 Å². The molecule has 2 N–H and O–H groups in total. The highest BCUT2D eigenvalue weighted by molar-refractivity contribution is 6.31. The molecule has 0 saturated carbocycles. The van der Waals surface area contributed by atoms with Crippen LogP contribution < -0.4 is 10.6 Å². The molecule has 1 heterocycles. The molecule has 1 aliphatic heterocycles. The Hall–Kier alpha value is -3.63. The molecule has 0 saturated heterocycles. The number of Topliss-reactive ketones (excluding diaryl/α,β-unsaturated/α-hetero) is 1. The van der Waals surface area contributed by atoms with Crippen LogP contribution in [0.15, 0.2) is 59.1 Å². The van der Waals surface area contributed by atoms with Gasteiger partial charge in [-0.15, -0.1) is 0 Å². The van der Waals surface area contributed by atoms with Crippen molar-refractivity contribution in [2.24, 2.45) is 11.1 Å². The van der Waals surface area contributed by atoms with Gasteiger partial charge in [-0.1, -0.05) is 49.2 Å². The maximum Gasteiger partial charge on any atom is 0.294 e. The Balaban J connectivity index is 2.07. The average Bonchev–Trinajstić information content (AvgIpc) is 2.73. The maximum absolute atomic E-state index is 13.6. The molecule has 7 nitrogen and oxygen atoms in total. The fraction of sp³-hybridized carbons (Fsp3) is 0.308. The molecule has 0 fully saturated rings. The van der Waals surface area contributed by atoms with Gasteiger partial charge in [0.2, 0.25) is 0 Å². The van der Waals surface area contributed by atoms with E-state index in [2.05, 4.69) is 6.07 Å². The zero-order valence-electron chi connectivity index (χ0n) is 19.5. The number of hydrogen-bond acceptors (Lipinski definition) is 6. The Kier molecular flexibility index (Phi) is 5.74. The highest BCUT2D eigenvalue weighted by Gasteiger charge is 2.46. The molecule has 174 valence electrons. The summed E-state index contributed by atoms with van der Waals surface area (Å²) in [5.41, 5.74) is 10.3. The average molecular weight is 477 g/mol. The van der Waals surface area contributed by atoms with Crippen LogP contribution in [0.25, 0.3) is 0 Å². The molecule has 2 aromatic rings. The fourth-order valence-corrected chi connectivity index (χ4v) is 5.24. The Morgan fingerprint density at radius 2 is 1.91 bits per heavy atom. The molecule has 0 bridgehead atoms. The highest BCUT2D eigenvalue weighted by atomic mass is 35.5. The van der Waals surface area contributed by atoms with Gasteiger partial charge in [-0.3, -0.25) is 19.8 Å². The third-order valence-electron chi connectivity index (χ3n) is 6.49. The van der Waals surface area contributed by atoms with E-state index in [4.69, 9.17) is 17.3 Å². The Morgan fingerprint density at radius 1 is 1.21 bits per heavy atom. The normalized spacial score (nSPS) is 19.7. The summed E-state index contributed by atoms with van der Waals surface area (Å²) < 4.78 is 0. The molecule has 1 unspecified atom stereocenters. The summed E-state index contributed by atoms with van der Waals surface area (Å²) >= 11 is 6.05.